The van der Waals surface area contributed by atoms with Crippen molar-refractivity contribution < 1.29 is 4.79 Å². The standard InChI is InChI=1S/C13H15Cl2NO/c14-10-3-4-12(15)9(5-10)6-11(17)7-13(16)8-1-2-8/h3-5,8,13H,1-2,6-7,16H2. The van der Waals surface area contributed by atoms with E-state index in [1.165, 1.54) is 0 Å². The number of halogens is 2. The lowest BCUT2D eigenvalue weighted by Gasteiger charge is -2.09. The molecule has 1 fully saturated rings. The Morgan fingerprint density at radius 2 is 2.12 bits per heavy atom. The first kappa shape index (κ1) is 12.9. The fraction of sp³-hybridized carbons (Fsp3) is 0.462. The maximum Gasteiger partial charge on any atom is 0.138 e. The average Bonchev–Trinajstić information content (AvgIpc) is 3.06. The molecule has 1 unspecified atom stereocenters. The van der Waals surface area contributed by atoms with Crippen LogP contribution in [0.3, 0.4) is 0 Å². The minimum Gasteiger partial charge on any atom is -0.327 e. The molecule has 0 aliphatic heterocycles. The summed E-state index contributed by atoms with van der Waals surface area (Å²) in [6.07, 6.45) is 3.08. The first-order valence-electron chi connectivity index (χ1n) is 5.77. The van der Waals surface area contributed by atoms with Gasteiger partial charge in [0.2, 0.25) is 0 Å². The molecule has 0 bridgehead atoms. The van der Waals surface area contributed by atoms with Crippen LogP contribution in [0.5, 0.6) is 0 Å². The molecule has 0 heterocycles. The zero-order chi connectivity index (χ0) is 12.4. The third-order valence-electron chi connectivity index (χ3n) is 3.09. The van der Waals surface area contributed by atoms with E-state index in [0.29, 0.717) is 28.8 Å². The largest absolute Gasteiger partial charge is 0.327 e. The predicted octanol–water partition coefficient (Wildman–Crippen LogP) is 3.23. The van der Waals surface area contributed by atoms with Gasteiger partial charge in [-0.05, 0) is 42.5 Å². The summed E-state index contributed by atoms with van der Waals surface area (Å²) in [7, 11) is 0. The lowest BCUT2D eigenvalue weighted by molar-refractivity contribution is -0.118. The summed E-state index contributed by atoms with van der Waals surface area (Å²) in [5.41, 5.74) is 6.71. The maximum atomic E-state index is 11.8. The number of carbonyl (C=O) groups excluding carboxylic acids is 1. The van der Waals surface area contributed by atoms with Crippen LogP contribution in [0.15, 0.2) is 18.2 Å². The van der Waals surface area contributed by atoms with Crippen molar-refractivity contribution in [2.24, 2.45) is 11.7 Å². The summed E-state index contributed by atoms with van der Waals surface area (Å²) in [6.45, 7) is 0. The van der Waals surface area contributed by atoms with Crippen molar-refractivity contribution in [1.82, 2.24) is 0 Å². The fourth-order valence-electron chi connectivity index (χ4n) is 1.92. The summed E-state index contributed by atoms with van der Waals surface area (Å²) in [4.78, 5) is 11.8. The highest BCUT2D eigenvalue weighted by Gasteiger charge is 2.29. The lowest BCUT2D eigenvalue weighted by atomic mass is 10.0. The van der Waals surface area contributed by atoms with Gasteiger partial charge in [0.25, 0.3) is 0 Å². The smallest absolute Gasteiger partial charge is 0.138 e. The van der Waals surface area contributed by atoms with Crippen LogP contribution in [0.2, 0.25) is 10.0 Å². The Morgan fingerprint density at radius 3 is 2.76 bits per heavy atom. The van der Waals surface area contributed by atoms with Gasteiger partial charge in [0.1, 0.15) is 5.78 Å². The molecule has 1 aromatic carbocycles. The Bertz CT molecular complexity index is 429. The number of hydrogen-bond acceptors (Lipinski definition) is 2. The molecule has 1 atom stereocenters. The summed E-state index contributed by atoms with van der Waals surface area (Å²) >= 11 is 11.9. The SMILES string of the molecule is NC(CC(=O)Cc1cc(Cl)ccc1Cl)C1CC1. The molecule has 2 N–H and O–H groups in total. The van der Waals surface area contributed by atoms with Crippen molar-refractivity contribution in [2.75, 3.05) is 0 Å². The van der Waals surface area contributed by atoms with Gasteiger partial charge >= 0.3 is 0 Å². The van der Waals surface area contributed by atoms with Crippen molar-refractivity contribution in [1.29, 1.82) is 0 Å². The molecule has 0 radical (unpaired) electrons. The highest BCUT2D eigenvalue weighted by Crippen LogP contribution is 2.33. The van der Waals surface area contributed by atoms with Gasteiger partial charge in [0.15, 0.2) is 0 Å². The molecule has 0 amide bonds. The minimum absolute atomic E-state index is 0.0143. The van der Waals surface area contributed by atoms with Gasteiger partial charge in [-0.1, -0.05) is 23.2 Å². The summed E-state index contributed by atoms with van der Waals surface area (Å²) in [6, 6.07) is 5.19. The Balaban J connectivity index is 1.94. The van der Waals surface area contributed by atoms with Gasteiger partial charge in [-0.25, -0.2) is 0 Å². The van der Waals surface area contributed by atoms with Crippen LogP contribution in [-0.4, -0.2) is 11.8 Å². The highest BCUT2D eigenvalue weighted by molar-refractivity contribution is 6.33. The molecule has 2 nitrogen and oxygen atoms in total. The minimum atomic E-state index is 0.0143. The zero-order valence-corrected chi connectivity index (χ0v) is 11.0. The Morgan fingerprint density at radius 1 is 1.41 bits per heavy atom. The van der Waals surface area contributed by atoms with Crippen LogP contribution in [0.4, 0.5) is 0 Å². The normalized spacial score (nSPS) is 16.9. The summed E-state index contributed by atoms with van der Waals surface area (Å²) < 4.78 is 0. The van der Waals surface area contributed by atoms with Crippen LogP contribution in [0.25, 0.3) is 0 Å². The summed E-state index contributed by atoms with van der Waals surface area (Å²) in [5, 5.41) is 1.19. The van der Waals surface area contributed by atoms with Gasteiger partial charge in [-0.15, -0.1) is 0 Å². The molecular formula is C13H15Cl2NO. The van der Waals surface area contributed by atoms with Crippen LogP contribution in [-0.2, 0) is 11.2 Å². The van der Waals surface area contributed by atoms with E-state index >= 15 is 0 Å². The quantitative estimate of drug-likeness (QED) is 0.894. The maximum absolute atomic E-state index is 11.8. The van der Waals surface area contributed by atoms with E-state index < -0.39 is 0 Å². The molecule has 1 aliphatic carbocycles. The zero-order valence-electron chi connectivity index (χ0n) is 9.46. The van der Waals surface area contributed by atoms with E-state index in [2.05, 4.69) is 0 Å². The Kier molecular flexibility index (Phi) is 4.08. The lowest BCUT2D eigenvalue weighted by Crippen LogP contribution is -2.26. The molecule has 1 saturated carbocycles. The second-order valence-electron chi connectivity index (χ2n) is 4.66. The van der Waals surface area contributed by atoms with Gasteiger partial charge in [-0.3, -0.25) is 4.79 Å². The van der Waals surface area contributed by atoms with Crippen LogP contribution in [0.1, 0.15) is 24.8 Å². The van der Waals surface area contributed by atoms with Gasteiger partial charge in [0, 0.05) is 28.9 Å². The van der Waals surface area contributed by atoms with Gasteiger partial charge in [-0.2, -0.15) is 0 Å². The first-order valence-corrected chi connectivity index (χ1v) is 6.53. The number of nitrogens with two attached hydrogens (primary N) is 1. The summed E-state index contributed by atoms with van der Waals surface area (Å²) in [5.74, 6) is 0.683. The van der Waals surface area contributed by atoms with E-state index in [1.807, 2.05) is 0 Å². The number of rotatable bonds is 5. The number of benzene rings is 1. The molecule has 4 heteroatoms. The molecule has 0 spiro atoms. The molecule has 2 rings (SSSR count). The van der Waals surface area contributed by atoms with Crippen LogP contribution >= 0.6 is 23.2 Å². The van der Waals surface area contributed by atoms with E-state index in [9.17, 15) is 4.79 Å². The highest BCUT2D eigenvalue weighted by atomic mass is 35.5. The Labute approximate surface area is 111 Å². The van der Waals surface area contributed by atoms with Crippen molar-refractivity contribution in [3.05, 3.63) is 33.8 Å². The molecule has 1 aromatic rings. The molecular weight excluding hydrogens is 257 g/mol. The molecule has 92 valence electrons. The van der Waals surface area contributed by atoms with Crippen molar-refractivity contribution in [3.8, 4) is 0 Å². The van der Waals surface area contributed by atoms with E-state index in [1.54, 1.807) is 18.2 Å². The van der Waals surface area contributed by atoms with Crippen molar-refractivity contribution >= 4 is 29.0 Å². The monoisotopic (exact) mass is 271 g/mol. The molecule has 0 saturated heterocycles. The van der Waals surface area contributed by atoms with Crippen LogP contribution in [0, 0.1) is 5.92 Å². The van der Waals surface area contributed by atoms with Crippen molar-refractivity contribution in [2.45, 2.75) is 31.7 Å². The first-order chi connectivity index (χ1) is 8.06. The molecule has 1 aliphatic rings. The third kappa shape index (κ3) is 3.70. The number of Topliss-reactive ketones (excluding diaryl/α,β-unsaturated/α-hetero) is 1. The second kappa shape index (κ2) is 5.38. The van der Waals surface area contributed by atoms with E-state index in [0.717, 1.165) is 18.4 Å². The van der Waals surface area contributed by atoms with Gasteiger partial charge < -0.3 is 5.73 Å². The number of carbonyl (C=O) groups is 1. The topological polar surface area (TPSA) is 43.1 Å². The number of ketones is 1. The Hall–Kier alpha value is -0.570. The molecule has 17 heavy (non-hydrogen) atoms. The van der Waals surface area contributed by atoms with Crippen molar-refractivity contribution in [3.63, 3.8) is 0 Å². The van der Waals surface area contributed by atoms with E-state index in [-0.39, 0.29) is 11.8 Å². The van der Waals surface area contributed by atoms with E-state index in [4.69, 9.17) is 28.9 Å². The predicted molar refractivity (Wildman–Crippen MR) is 70.5 cm³/mol. The van der Waals surface area contributed by atoms with Crippen LogP contribution < -0.4 is 5.73 Å². The fourth-order valence-corrected chi connectivity index (χ4v) is 2.30. The number of hydrogen-bond donors (Lipinski definition) is 1. The second-order valence-corrected chi connectivity index (χ2v) is 5.50. The average molecular weight is 272 g/mol. The molecule has 0 aromatic heterocycles. The third-order valence-corrected chi connectivity index (χ3v) is 3.69. The van der Waals surface area contributed by atoms with Gasteiger partial charge in [0.05, 0.1) is 0 Å².